The van der Waals surface area contributed by atoms with Gasteiger partial charge in [0.1, 0.15) is 0 Å². The standard InChI is InChI=1S/C12H7Cl2NO2/c13-9-3-1-2-8(11(9)14)10-5-4-7(6-15-10)12(16)17/h1-6H,(H,16,17). The highest BCUT2D eigenvalue weighted by Crippen LogP contribution is 2.32. The van der Waals surface area contributed by atoms with Crippen LogP contribution in [-0.4, -0.2) is 16.1 Å². The van der Waals surface area contributed by atoms with E-state index in [0.717, 1.165) is 0 Å². The van der Waals surface area contributed by atoms with E-state index in [2.05, 4.69) is 4.98 Å². The summed E-state index contributed by atoms with van der Waals surface area (Å²) in [7, 11) is 0. The summed E-state index contributed by atoms with van der Waals surface area (Å²) in [5.41, 5.74) is 1.39. The van der Waals surface area contributed by atoms with Crippen LogP contribution in [0.25, 0.3) is 11.3 Å². The topological polar surface area (TPSA) is 50.2 Å². The number of halogens is 2. The predicted molar refractivity (Wildman–Crippen MR) is 66.7 cm³/mol. The summed E-state index contributed by atoms with van der Waals surface area (Å²) in [5.74, 6) is -1.01. The molecule has 0 saturated heterocycles. The van der Waals surface area contributed by atoms with Gasteiger partial charge in [-0.1, -0.05) is 35.3 Å². The molecule has 0 radical (unpaired) electrons. The molecule has 0 aliphatic rings. The van der Waals surface area contributed by atoms with Gasteiger partial charge in [-0.15, -0.1) is 0 Å². The van der Waals surface area contributed by atoms with Gasteiger partial charge in [-0.25, -0.2) is 4.79 Å². The van der Waals surface area contributed by atoms with E-state index in [4.69, 9.17) is 28.3 Å². The Bertz CT molecular complexity index is 567. The Hall–Kier alpha value is -1.58. The van der Waals surface area contributed by atoms with Crippen LogP contribution in [-0.2, 0) is 0 Å². The van der Waals surface area contributed by atoms with Crippen LogP contribution in [0.2, 0.25) is 10.0 Å². The third-order valence-electron chi connectivity index (χ3n) is 2.24. The number of rotatable bonds is 2. The van der Waals surface area contributed by atoms with Gasteiger partial charge in [-0.05, 0) is 18.2 Å². The molecule has 2 rings (SSSR count). The largest absolute Gasteiger partial charge is 0.478 e. The van der Waals surface area contributed by atoms with Crippen LogP contribution < -0.4 is 0 Å². The molecule has 0 spiro atoms. The van der Waals surface area contributed by atoms with E-state index in [1.807, 2.05) is 0 Å². The summed E-state index contributed by atoms with van der Waals surface area (Å²) in [6.07, 6.45) is 1.29. The fraction of sp³-hybridized carbons (Fsp3) is 0. The average Bonchev–Trinajstić information content (AvgIpc) is 2.33. The first-order valence-electron chi connectivity index (χ1n) is 4.73. The van der Waals surface area contributed by atoms with Crippen LogP contribution in [0.4, 0.5) is 0 Å². The van der Waals surface area contributed by atoms with E-state index in [1.54, 1.807) is 24.3 Å². The zero-order valence-electron chi connectivity index (χ0n) is 8.52. The average molecular weight is 268 g/mol. The van der Waals surface area contributed by atoms with Crippen molar-refractivity contribution in [3.05, 3.63) is 52.1 Å². The molecule has 86 valence electrons. The molecule has 2 aromatic rings. The van der Waals surface area contributed by atoms with Gasteiger partial charge in [0.2, 0.25) is 0 Å². The van der Waals surface area contributed by atoms with Gasteiger partial charge in [0.25, 0.3) is 0 Å². The number of carbonyl (C=O) groups is 1. The van der Waals surface area contributed by atoms with E-state index in [9.17, 15) is 4.79 Å². The van der Waals surface area contributed by atoms with E-state index in [1.165, 1.54) is 12.3 Å². The van der Waals surface area contributed by atoms with Crippen molar-refractivity contribution in [1.82, 2.24) is 4.98 Å². The summed E-state index contributed by atoms with van der Waals surface area (Å²) in [5, 5.41) is 9.60. The van der Waals surface area contributed by atoms with E-state index >= 15 is 0 Å². The first-order valence-corrected chi connectivity index (χ1v) is 5.49. The van der Waals surface area contributed by atoms with Gasteiger partial charge in [0.05, 0.1) is 21.3 Å². The smallest absolute Gasteiger partial charge is 0.337 e. The molecule has 0 bridgehead atoms. The van der Waals surface area contributed by atoms with Crippen molar-refractivity contribution in [3.8, 4) is 11.3 Å². The van der Waals surface area contributed by atoms with Crippen LogP contribution in [0, 0.1) is 0 Å². The fourth-order valence-electron chi connectivity index (χ4n) is 1.38. The number of aromatic carboxylic acids is 1. The summed E-state index contributed by atoms with van der Waals surface area (Å²) in [4.78, 5) is 14.7. The Labute approximate surface area is 108 Å². The minimum Gasteiger partial charge on any atom is -0.478 e. The Balaban J connectivity index is 2.47. The van der Waals surface area contributed by atoms with Gasteiger partial charge in [0, 0.05) is 11.8 Å². The molecule has 0 fully saturated rings. The summed E-state index contributed by atoms with van der Waals surface area (Å²) < 4.78 is 0. The van der Waals surface area contributed by atoms with E-state index in [-0.39, 0.29) is 5.56 Å². The molecule has 0 unspecified atom stereocenters. The second kappa shape index (κ2) is 4.73. The highest BCUT2D eigenvalue weighted by atomic mass is 35.5. The number of benzene rings is 1. The van der Waals surface area contributed by atoms with Gasteiger partial charge in [-0.3, -0.25) is 4.98 Å². The van der Waals surface area contributed by atoms with Crippen LogP contribution in [0.15, 0.2) is 36.5 Å². The molecular formula is C12H7Cl2NO2. The van der Waals surface area contributed by atoms with Crippen LogP contribution in [0.5, 0.6) is 0 Å². The first-order chi connectivity index (χ1) is 8.09. The van der Waals surface area contributed by atoms with Crippen molar-refractivity contribution >= 4 is 29.2 Å². The fourth-order valence-corrected chi connectivity index (χ4v) is 1.78. The molecule has 0 atom stereocenters. The Morgan fingerprint density at radius 3 is 2.53 bits per heavy atom. The SMILES string of the molecule is O=C(O)c1ccc(-c2cccc(Cl)c2Cl)nc1. The molecule has 0 aliphatic carbocycles. The van der Waals surface area contributed by atoms with Crippen molar-refractivity contribution in [3.63, 3.8) is 0 Å². The second-order valence-electron chi connectivity index (χ2n) is 3.34. The van der Waals surface area contributed by atoms with Crippen molar-refractivity contribution in [1.29, 1.82) is 0 Å². The zero-order chi connectivity index (χ0) is 12.4. The molecule has 3 nitrogen and oxygen atoms in total. The Morgan fingerprint density at radius 1 is 1.18 bits per heavy atom. The third kappa shape index (κ3) is 2.40. The van der Waals surface area contributed by atoms with Crippen molar-refractivity contribution in [2.75, 3.05) is 0 Å². The number of aromatic nitrogens is 1. The van der Waals surface area contributed by atoms with Crippen LogP contribution >= 0.6 is 23.2 Å². The van der Waals surface area contributed by atoms with Gasteiger partial charge < -0.3 is 5.11 Å². The summed E-state index contributed by atoms with van der Waals surface area (Å²) in [6, 6.07) is 8.29. The number of hydrogen-bond acceptors (Lipinski definition) is 2. The van der Waals surface area contributed by atoms with Gasteiger partial charge >= 0.3 is 5.97 Å². The normalized spacial score (nSPS) is 10.2. The lowest BCUT2D eigenvalue weighted by Crippen LogP contribution is -1.97. The molecule has 0 saturated carbocycles. The summed E-state index contributed by atoms with van der Waals surface area (Å²) in [6.45, 7) is 0. The lowest BCUT2D eigenvalue weighted by Gasteiger charge is -2.05. The number of nitrogens with zero attached hydrogens (tertiary/aromatic N) is 1. The summed E-state index contributed by atoms with van der Waals surface area (Å²) >= 11 is 11.9. The van der Waals surface area contributed by atoms with E-state index < -0.39 is 5.97 Å². The number of carboxylic acids is 1. The molecule has 0 amide bonds. The first kappa shape index (κ1) is 11.9. The number of hydrogen-bond donors (Lipinski definition) is 1. The zero-order valence-corrected chi connectivity index (χ0v) is 10.0. The molecule has 1 aromatic carbocycles. The number of pyridine rings is 1. The monoisotopic (exact) mass is 267 g/mol. The lowest BCUT2D eigenvalue weighted by molar-refractivity contribution is 0.0696. The maximum atomic E-state index is 10.7. The number of carboxylic acid groups (broad SMARTS) is 1. The van der Waals surface area contributed by atoms with Crippen LogP contribution in [0.3, 0.4) is 0 Å². The van der Waals surface area contributed by atoms with Crippen LogP contribution in [0.1, 0.15) is 10.4 Å². The molecule has 1 N–H and O–H groups in total. The molecule has 17 heavy (non-hydrogen) atoms. The third-order valence-corrected chi connectivity index (χ3v) is 3.06. The maximum absolute atomic E-state index is 10.7. The van der Waals surface area contributed by atoms with Gasteiger partial charge in [-0.2, -0.15) is 0 Å². The lowest BCUT2D eigenvalue weighted by atomic mass is 10.1. The van der Waals surface area contributed by atoms with Crippen molar-refractivity contribution in [2.24, 2.45) is 0 Å². The van der Waals surface area contributed by atoms with Crippen molar-refractivity contribution < 1.29 is 9.90 Å². The highest BCUT2D eigenvalue weighted by Gasteiger charge is 2.09. The second-order valence-corrected chi connectivity index (χ2v) is 4.12. The highest BCUT2D eigenvalue weighted by molar-refractivity contribution is 6.43. The molecule has 0 aliphatic heterocycles. The Kier molecular flexibility index (Phi) is 3.31. The molecule has 1 heterocycles. The quantitative estimate of drug-likeness (QED) is 0.902. The minimum absolute atomic E-state index is 0.131. The predicted octanol–water partition coefficient (Wildman–Crippen LogP) is 3.75. The molecule has 5 heteroatoms. The molecular weight excluding hydrogens is 261 g/mol. The molecule has 1 aromatic heterocycles. The van der Waals surface area contributed by atoms with Gasteiger partial charge in [0.15, 0.2) is 0 Å². The minimum atomic E-state index is -1.01. The van der Waals surface area contributed by atoms with Crippen molar-refractivity contribution in [2.45, 2.75) is 0 Å². The maximum Gasteiger partial charge on any atom is 0.337 e. The Morgan fingerprint density at radius 2 is 1.94 bits per heavy atom. The van der Waals surface area contributed by atoms with E-state index in [0.29, 0.717) is 21.3 Å².